The number of rotatable bonds is 3. The fourth-order valence-corrected chi connectivity index (χ4v) is 1.47. The second-order valence-corrected chi connectivity index (χ2v) is 3.46. The van der Waals surface area contributed by atoms with Crippen molar-refractivity contribution in [3.05, 3.63) is 18.0 Å². The maximum Gasteiger partial charge on any atom is 0.452 e. The van der Waals surface area contributed by atoms with Crippen LogP contribution in [0.2, 0.25) is 0 Å². The van der Waals surface area contributed by atoms with Gasteiger partial charge in [0.2, 0.25) is 11.0 Å². The topological polar surface area (TPSA) is 79.4 Å². The van der Waals surface area contributed by atoms with Crippen LogP contribution in [-0.4, -0.2) is 24.5 Å². The summed E-state index contributed by atoms with van der Waals surface area (Å²) in [4.78, 5) is 7.08. The highest BCUT2D eigenvalue weighted by molar-refractivity contribution is 7.09. The normalized spacial score (nSPS) is 11.7. The molecule has 0 aliphatic heterocycles. The first-order valence-electron chi connectivity index (χ1n) is 4.05. The van der Waals surface area contributed by atoms with Gasteiger partial charge in [-0.25, -0.2) is 4.98 Å². The molecule has 16 heavy (non-hydrogen) atoms. The van der Waals surface area contributed by atoms with E-state index in [0.717, 1.165) is 0 Å². The van der Waals surface area contributed by atoms with Crippen LogP contribution in [0.3, 0.4) is 0 Å². The summed E-state index contributed by atoms with van der Waals surface area (Å²) in [6.07, 6.45) is -3.21. The summed E-state index contributed by atoms with van der Waals surface area (Å²) in [5.41, 5.74) is 0. The fraction of sp³-hybridized carbons (Fsp3) is 0.333. The number of aromatic nitrogens is 5. The first kappa shape index (κ1) is 10.8. The summed E-state index contributed by atoms with van der Waals surface area (Å²) in [5.74, 6) is -0.638. The van der Waals surface area contributed by atoms with Crippen molar-refractivity contribution in [2.45, 2.75) is 12.7 Å². The van der Waals surface area contributed by atoms with Crippen LogP contribution in [-0.2, 0) is 12.7 Å². The van der Waals surface area contributed by atoms with Gasteiger partial charge in [0.25, 0.3) is 0 Å². The zero-order valence-corrected chi connectivity index (χ0v) is 8.43. The van der Waals surface area contributed by atoms with Crippen LogP contribution < -0.4 is 5.32 Å². The van der Waals surface area contributed by atoms with Gasteiger partial charge in [-0.05, 0) is 0 Å². The van der Waals surface area contributed by atoms with E-state index in [9.17, 15) is 13.2 Å². The summed E-state index contributed by atoms with van der Waals surface area (Å²) < 4.78 is 39.6. The summed E-state index contributed by atoms with van der Waals surface area (Å²) >= 11 is 0.644. The SMILES string of the molecule is FC(F)(F)c1nsc(NCc2ncn[nH]2)n1. The van der Waals surface area contributed by atoms with Gasteiger partial charge in [-0.2, -0.15) is 27.6 Å². The van der Waals surface area contributed by atoms with Gasteiger partial charge in [-0.1, -0.05) is 0 Å². The lowest BCUT2D eigenvalue weighted by molar-refractivity contribution is -0.144. The predicted molar refractivity (Wildman–Crippen MR) is 48.6 cm³/mol. The standard InChI is InChI=1S/C6H5F3N6S/c7-6(8,9)4-13-5(16-15-4)10-1-3-11-2-12-14-3/h2H,1H2,(H,10,13,15)(H,11,12,14). The Bertz CT molecular complexity index is 449. The minimum Gasteiger partial charge on any atom is -0.353 e. The molecule has 0 spiro atoms. The van der Waals surface area contributed by atoms with Crippen molar-refractivity contribution in [3.63, 3.8) is 0 Å². The van der Waals surface area contributed by atoms with Gasteiger partial charge in [0.1, 0.15) is 12.2 Å². The number of nitrogens with one attached hydrogen (secondary N) is 2. The molecule has 0 fully saturated rings. The first-order valence-corrected chi connectivity index (χ1v) is 4.82. The van der Waals surface area contributed by atoms with E-state index in [4.69, 9.17) is 0 Å². The number of halogens is 3. The maximum atomic E-state index is 12.1. The molecule has 86 valence electrons. The number of aromatic amines is 1. The maximum absolute atomic E-state index is 12.1. The van der Waals surface area contributed by atoms with Crippen molar-refractivity contribution in [2.75, 3.05) is 5.32 Å². The van der Waals surface area contributed by atoms with Crippen LogP contribution in [0.25, 0.3) is 0 Å². The Kier molecular flexibility index (Phi) is 2.73. The smallest absolute Gasteiger partial charge is 0.353 e. The number of nitrogens with zero attached hydrogens (tertiary/aromatic N) is 4. The molecule has 2 aromatic rings. The molecule has 0 aliphatic carbocycles. The van der Waals surface area contributed by atoms with Gasteiger partial charge < -0.3 is 5.32 Å². The quantitative estimate of drug-likeness (QED) is 0.858. The van der Waals surface area contributed by atoms with E-state index in [0.29, 0.717) is 17.4 Å². The number of H-pyrrole nitrogens is 1. The summed E-state index contributed by atoms with van der Waals surface area (Å²) in [5, 5.41) is 8.88. The second kappa shape index (κ2) is 4.04. The molecule has 0 aromatic carbocycles. The molecule has 0 saturated carbocycles. The minimum atomic E-state index is -4.51. The van der Waals surface area contributed by atoms with Crippen LogP contribution >= 0.6 is 11.5 Å². The summed E-state index contributed by atoms with van der Waals surface area (Å²) in [6, 6.07) is 0. The molecule has 2 heterocycles. The Morgan fingerprint density at radius 2 is 2.25 bits per heavy atom. The van der Waals surface area contributed by atoms with Crippen LogP contribution in [0.1, 0.15) is 11.6 Å². The zero-order valence-electron chi connectivity index (χ0n) is 7.62. The molecule has 0 bridgehead atoms. The van der Waals surface area contributed by atoms with Crippen molar-refractivity contribution < 1.29 is 13.2 Å². The predicted octanol–water partition coefficient (Wildman–Crippen LogP) is 1.29. The molecule has 6 nitrogen and oxygen atoms in total. The molecule has 2 rings (SSSR count). The van der Waals surface area contributed by atoms with Crippen molar-refractivity contribution in [1.82, 2.24) is 24.5 Å². The largest absolute Gasteiger partial charge is 0.452 e. The van der Waals surface area contributed by atoms with Crippen molar-refractivity contribution >= 4 is 16.7 Å². The Balaban J connectivity index is 1.98. The van der Waals surface area contributed by atoms with E-state index in [2.05, 4.69) is 29.9 Å². The molecule has 0 aliphatic rings. The fourth-order valence-electron chi connectivity index (χ4n) is 0.886. The van der Waals surface area contributed by atoms with Crippen molar-refractivity contribution in [3.8, 4) is 0 Å². The van der Waals surface area contributed by atoms with Crippen molar-refractivity contribution in [1.29, 1.82) is 0 Å². The highest BCUT2D eigenvalue weighted by atomic mass is 32.1. The van der Waals surface area contributed by atoms with E-state index in [1.165, 1.54) is 6.33 Å². The lowest BCUT2D eigenvalue weighted by Crippen LogP contribution is -2.08. The molecular weight excluding hydrogens is 245 g/mol. The summed E-state index contributed by atoms with van der Waals surface area (Å²) in [7, 11) is 0. The van der Waals surface area contributed by atoms with Gasteiger partial charge in [0.05, 0.1) is 6.54 Å². The van der Waals surface area contributed by atoms with Crippen molar-refractivity contribution in [2.24, 2.45) is 0 Å². The van der Waals surface area contributed by atoms with Gasteiger partial charge in [0.15, 0.2) is 0 Å². The number of hydrogen-bond donors (Lipinski definition) is 2. The lowest BCUT2D eigenvalue weighted by atomic mass is 10.6. The third-order valence-corrected chi connectivity index (χ3v) is 2.22. The third-order valence-electron chi connectivity index (χ3n) is 1.55. The monoisotopic (exact) mass is 250 g/mol. The van der Waals surface area contributed by atoms with Gasteiger partial charge in [0, 0.05) is 11.5 Å². The van der Waals surface area contributed by atoms with E-state index in [1.54, 1.807) is 0 Å². The molecular formula is C6H5F3N6S. The Labute approximate surface area is 91.1 Å². The average Bonchev–Trinajstić information content (AvgIpc) is 2.85. The molecule has 2 N–H and O–H groups in total. The average molecular weight is 250 g/mol. The highest BCUT2D eigenvalue weighted by Gasteiger charge is 2.36. The molecule has 0 atom stereocenters. The van der Waals surface area contributed by atoms with E-state index >= 15 is 0 Å². The van der Waals surface area contributed by atoms with Crippen LogP contribution in [0.5, 0.6) is 0 Å². The molecule has 2 aromatic heterocycles. The molecule has 0 saturated heterocycles. The second-order valence-electron chi connectivity index (χ2n) is 2.71. The minimum absolute atomic E-state index is 0.0868. The Hall–Kier alpha value is -1.71. The molecule has 0 radical (unpaired) electrons. The number of alkyl halides is 3. The Morgan fingerprint density at radius 3 is 2.81 bits per heavy atom. The highest BCUT2D eigenvalue weighted by Crippen LogP contribution is 2.28. The first-order chi connectivity index (χ1) is 7.55. The van der Waals surface area contributed by atoms with Gasteiger partial charge in [-0.3, -0.25) is 5.10 Å². The van der Waals surface area contributed by atoms with E-state index in [1.807, 2.05) is 0 Å². The number of hydrogen-bond acceptors (Lipinski definition) is 6. The zero-order chi connectivity index (χ0) is 11.6. The molecule has 0 unspecified atom stereocenters. The summed E-state index contributed by atoms with van der Waals surface area (Å²) in [6.45, 7) is 0.215. The lowest BCUT2D eigenvalue weighted by Gasteiger charge is -1.99. The van der Waals surface area contributed by atoms with E-state index < -0.39 is 12.0 Å². The molecule has 0 amide bonds. The van der Waals surface area contributed by atoms with Crippen LogP contribution in [0.4, 0.5) is 18.3 Å². The van der Waals surface area contributed by atoms with Gasteiger partial charge in [-0.15, -0.1) is 0 Å². The Morgan fingerprint density at radius 1 is 1.44 bits per heavy atom. The van der Waals surface area contributed by atoms with E-state index in [-0.39, 0.29) is 11.7 Å². The number of anilines is 1. The van der Waals surface area contributed by atoms with Gasteiger partial charge >= 0.3 is 6.18 Å². The third kappa shape index (κ3) is 2.45. The molecule has 10 heteroatoms. The van der Waals surface area contributed by atoms with Crippen LogP contribution in [0, 0.1) is 0 Å². The van der Waals surface area contributed by atoms with Crippen LogP contribution in [0.15, 0.2) is 6.33 Å².